The van der Waals surface area contributed by atoms with Crippen LogP contribution >= 0.6 is 11.3 Å². The largest absolute Gasteiger partial charge is 0.343 e. The molecule has 0 spiro atoms. The van der Waals surface area contributed by atoms with Crippen LogP contribution in [-0.2, 0) is 10.3 Å². The molecule has 2 aromatic carbocycles. The molecule has 5 rings (SSSR count). The van der Waals surface area contributed by atoms with Crippen molar-refractivity contribution in [2.75, 3.05) is 20.1 Å². The van der Waals surface area contributed by atoms with Crippen molar-refractivity contribution in [2.24, 2.45) is 5.92 Å². The number of nitrogens with zero attached hydrogens (tertiary/aromatic N) is 3. The third-order valence-electron chi connectivity index (χ3n) is 6.42. The number of likely N-dealkylation sites (tertiary alicyclic amines) is 1. The summed E-state index contributed by atoms with van der Waals surface area (Å²) in [5.41, 5.74) is 2.12. The lowest BCUT2D eigenvalue weighted by atomic mass is 9.82. The summed E-state index contributed by atoms with van der Waals surface area (Å²) < 4.78 is 0. The molecule has 3 heterocycles. The zero-order valence-corrected chi connectivity index (χ0v) is 18.7. The van der Waals surface area contributed by atoms with Gasteiger partial charge in [0.15, 0.2) is 5.96 Å². The highest BCUT2D eigenvalue weighted by atomic mass is 32.1. The van der Waals surface area contributed by atoms with Gasteiger partial charge in [-0.3, -0.25) is 19.9 Å². The minimum absolute atomic E-state index is 0.0201. The van der Waals surface area contributed by atoms with Gasteiger partial charge in [0.05, 0.1) is 17.6 Å². The number of thiophene rings is 1. The molecule has 2 amide bonds. The zero-order chi connectivity index (χ0) is 23.2. The Morgan fingerprint density at radius 3 is 2.73 bits per heavy atom. The Labute approximate surface area is 195 Å². The van der Waals surface area contributed by atoms with Crippen LogP contribution in [0.3, 0.4) is 0 Å². The predicted molar refractivity (Wildman–Crippen MR) is 126 cm³/mol. The standard InChI is InChI=1S/C25H21N5O2S/c1-29-23(32)20-13-30(22(31)17-7-3-2-4-8-17)15-25(20,28-24(29)27)21-11-19(14-33-21)18-9-5-6-16(10-18)12-26/h2-11,14,20H,13,15H2,1H3,(H2,27,28)/t20?,25-/m0/s1. The number of benzene rings is 2. The number of amides is 2. The first-order valence-corrected chi connectivity index (χ1v) is 11.4. The number of hydrogen-bond donors (Lipinski definition) is 2. The molecular formula is C25H21N5O2S. The molecule has 8 heteroatoms. The number of carbonyl (C=O) groups excluding carboxylic acids is 2. The molecule has 164 valence electrons. The van der Waals surface area contributed by atoms with E-state index in [9.17, 15) is 14.9 Å². The third kappa shape index (κ3) is 3.38. The number of carbonyl (C=O) groups is 2. The van der Waals surface area contributed by atoms with Crippen LogP contribution in [0.4, 0.5) is 0 Å². The van der Waals surface area contributed by atoms with Crippen LogP contribution in [0.2, 0.25) is 0 Å². The van der Waals surface area contributed by atoms with Gasteiger partial charge in [0.1, 0.15) is 5.54 Å². The maximum absolute atomic E-state index is 13.2. The summed E-state index contributed by atoms with van der Waals surface area (Å²) in [5, 5.41) is 22.9. The molecule has 7 nitrogen and oxygen atoms in total. The molecule has 2 saturated heterocycles. The molecular weight excluding hydrogens is 434 g/mol. The van der Waals surface area contributed by atoms with Crippen molar-refractivity contribution in [3.05, 3.63) is 82.0 Å². The molecule has 0 radical (unpaired) electrons. The predicted octanol–water partition coefficient (Wildman–Crippen LogP) is 3.25. The van der Waals surface area contributed by atoms with Gasteiger partial charge in [-0.25, -0.2) is 0 Å². The lowest BCUT2D eigenvalue weighted by Crippen LogP contribution is -2.64. The van der Waals surface area contributed by atoms with E-state index >= 15 is 0 Å². The Bertz CT molecular complexity index is 1310. The van der Waals surface area contributed by atoms with Crippen molar-refractivity contribution < 1.29 is 9.59 Å². The molecule has 2 aliphatic rings. The van der Waals surface area contributed by atoms with Crippen molar-refractivity contribution in [2.45, 2.75) is 5.54 Å². The van der Waals surface area contributed by atoms with Gasteiger partial charge in [-0.15, -0.1) is 11.3 Å². The maximum Gasteiger partial charge on any atom is 0.253 e. The van der Waals surface area contributed by atoms with Gasteiger partial charge >= 0.3 is 0 Å². The van der Waals surface area contributed by atoms with E-state index in [2.05, 4.69) is 11.4 Å². The summed E-state index contributed by atoms with van der Waals surface area (Å²) in [6.07, 6.45) is 0. The number of fused-ring (bicyclic) bond motifs is 1. The molecule has 3 aromatic rings. The van der Waals surface area contributed by atoms with Crippen LogP contribution in [0, 0.1) is 22.7 Å². The molecule has 0 saturated carbocycles. The Hall–Kier alpha value is -3.96. The summed E-state index contributed by atoms with van der Waals surface area (Å²) in [5.74, 6) is -0.803. The van der Waals surface area contributed by atoms with Crippen molar-refractivity contribution in [3.63, 3.8) is 0 Å². The van der Waals surface area contributed by atoms with E-state index in [1.165, 1.54) is 16.2 Å². The van der Waals surface area contributed by atoms with Crippen LogP contribution in [0.1, 0.15) is 20.8 Å². The minimum Gasteiger partial charge on any atom is -0.343 e. The number of hydrogen-bond acceptors (Lipinski definition) is 5. The first-order chi connectivity index (χ1) is 15.9. The molecule has 33 heavy (non-hydrogen) atoms. The summed E-state index contributed by atoms with van der Waals surface area (Å²) in [7, 11) is 1.58. The molecule has 2 aliphatic heterocycles. The van der Waals surface area contributed by atoms with Crippen molar-refractivity contribution >= 4 is 29.1 Å². The highest BCUT2D eigenvalue weighted by Crippen LogP contribution is 2.44. The average molecular weight is 456 g/mol. The first-order valence-electron chi connectivity index (χ1n) is 10.5. The third-order valence-corrected chi connectivity index (χ3v) is 7.52. The molecule has 0 aliphatic carbocycles. The van der Waals surface area contributed by atoms with Gasteiger partial charge in [-0.1, -0.05) is 30.3 Å². The maximum atomic E-state index is 13.2. The van der Waals surface area contributed by atoms with E-state index in [1.54, 1.807) is 30.1 Å². The highest BCUT2D eigenvalue weighted by molar-refractivity contribution is 7.10. The quantitative estimate of drug-likeness (QED) is 0.633. The fourth-order valence-corrected chi connectivity index (χ4v) is 5.75. The van der Waals surface area contributed by atoms with E-state index in [0.717, 1.165) is 16.0 Å². The average Bonchev–Trinajstić information content (AvgIpc) is 3.49. The number of nitrogens with one attached hydrogen (secondary N) is 2. The Balaban J connectivity index is 1.55. The Morgan fingerprint density at radius 1 is 1.18 bits per heavy atom. The van der Waals surface area contributed by atoms with E-state index in [0.29, 0.717) is 11.1 Å². The summed E-state index contributed by atoms with van der Waals surface area (Å²) in [4.78, 5) is 30.4. The number of rotatable bonds is 3. The Kier molecular flexibility index (Phi) is 4.99. The summed E-state index contributed by atoms with van der Waals surface area (Å²) in [6.45, 7) is 0.555. The lowest BCUT2D eigenvalue weighted by molar-refractivity contribution is -0.134. The fraction of sp³-hybridized carbons (Fsp3) is 0.200. The minimum atomic E-state index is -0.874. The van der Waals surface area contributed by atoms with E-state index < -0.39 is 11.5 Å². The van der Waals surface area contributed by atoms with Gasteiger partial charge in [-0.05, 0) is 46.8 Å². The van der Waals surface area contributed by atoms with Gasteiger partial charge < -0.3 is 10.2 Å². The second-order valence-electron chi connectivity index (χ2n) is 8.34. The number of nitriles is 1. The van der Waals surface area contributed by atoms with Crippen molar-refractivity contribution in [3.8, 4) is 17.2 Å². The Morgan fingerprint density at radius 2 is 1.97 bits per heavy atom. The summed E-state index contributed by atoms with van der Waals surface area (Å²) >= 11 is 1.50. The van der Waals surface area contributed by atoms with Gasteiger partial charge in [-0.2, -0.15) is 5.26 Å². The van der Waals surface area contributed by atoms with Gasteiger partial charge in [0.25, 0.3) is 5.91 Å². The van der Waals surface area contributed by atoms with Crippen LogP contribution in [0.15, 0.2) is 66.0 Å². The highest BCUT2D eigenvalue weighted by Gasteiger charge is 2.57. The van der Waals surface area contributed by atoms with E-state index in [1.807, 2.05) is 47.8 Å². The van der Waals surface area contributed by atoms with E-state index in [4.69, 9.17) is 5.41 Å². The number of guanidine groups is 1. The van der Waals surface area contributed by atoms with Crippen LogP contribution in [0.5, 0.6) is 0 Å². The van der Waals surface area contributed by atoms with Crippen LogP contribution in [0.25, 0.3) is 11.1 Å². The second kappa shape index (κ2) is 7.87. The summed E-state index contributed by atoms with van der Waals surface area (Å²) in [6, 6.07) is 20.6. The second-order valence-corrected chi connectivity index (χ2v) is 9.25. The first kappa shape index (κ1) is 20.9. The lowest BCUT2D eigenvalue weighted by Gasteiger charge is -2.42. The molecule has 2 atom stereocenters. The van der Waals surface area contributed by atoms with Crippen LogP contribution in [-0.4, -0.2) is 47.7 Å². The molecule has 0 bridgehead atoms. The molecule has 2 N–H and O–H groups in total. The van der Waals surface area contributed by atoms with Gasteiger partial charge in [0, 0.05) is 30.6 Å². The fourth-order valence-electron chi connectivity index (χ4n) is 4.63. The SMILES string of the molecule is CN1C(=N)N[C@@]2(c3cc(-c4cccc(C#N)c4)cs3)CN(C(=O)c3ccccc3)CC2C1=O. The topological polar surface area (TPSA) is 100 Å². The molecule has 1 unspecified atom stereocenters. The van der Waals surface area contributed by atoms with Crippen molar-refractivity contribution in [1.82, 2.24) is 15.1 Å². The van der Waals surface area contributed by atoms with Gasteiger partial charge in [0.2, 0.25) is 5.91 Å². The normalized spacial score (nSPS) is 22.0. The van der Waals surface area contributed by atoms with Crippen LogP contribution < -0.4 is 5.32 Å². The van der Waals surface area contributed by atoms with E-state index in [-0.39, 0.29) is 30.9 Å². The van der Waals surface area contributed by atoms with Crippen molar-refractivity contribution in [1.29, 1.82) is 10.7 Å². The monoisotopic (exact) mass is 455 g/mol. The molecule has 1 aromatic heterocycles. The smallest absolute Gasteiger partial charge is 0.253 e. The molecule has 2 fully saturated rings. The zero-order valence-electron chi connectivity index (χ0n) is 17.9.